The van der Waals surface area contributed by atoms with Gasteiger partial charge in [0, 0.05) is 31.2 Å². The highest BCUT2D eigenvalue weighted by atomic mass is 35.5. The van der Waals surface area contributed by atoms with E-state index in [-0.39, 0.29) is 0 Å². The van der Waals surface area contributed by atoms with Crippen LogP contribution in [0.25, 0.3) is 0 Å². The van der Waals surface area contributed by atoms with Crippen LogP contribution in [0.5, 0.6) is 0 Å². The monoisotopic (exact) mass is 252 g/mol. The molecule has 1 fully saturated rings. The van der Waals surface area contributed by atoms with Gasteiger partial charge in [-0.2, -0.15) is 0 Å². The fourth-order valence-corrected chi connectivity index (χ4v) is 2.56. The Hall–Kier alpha value is -0.570. The van der Waals surface area contributed by atoms with Gasteiger partial charge < -0.3 is 5.73 Å². The zero-order valence-corrected chi connectivity index (χ0v) is 11.0. The van der Waals surface area contributed by atoms with Crippen LogP contribution in [0.15, 0.2) is 24.3 Å². The molecule has 0 aliphatic heterocycles. The average Bonchev–Trinajstić information content (AvgIpc) is 2.23. The highest BCUT2D eigenvalue weighted by Gasteiger charge is 2.20. The Labute approximate surface area is 109 Å². The third-order valence-electron chi connectivity index (χ3n) is 3.48. The zero-order chi connectivity index (χ0) is 12.1. The second kappa shape index (κ2) is 6.39. The zero-order valence-electron chi connectivity index (χ0n) is 10.2. The highest BCUT2D eigenvalue weighted by molar-refractivity contribution is 6.30. The molecule has 2 N–H and O–H groups in total. The molecule has 2 rings (SSSR count). The predicted octanol–water partition coefficient (Wildman–Crippen LogP) is 2.90. The van der Waals surface area contributed by atoms with Crippen molar-refractivity contribution >= 4 is 11.6 Å². The summed E-state index contributed by atoms with van der Waals surface area (Å²) >= 11 is 6.01. The third kappa shape index (κ3) is 3.98. The molecule has 94 valence electrons. The van der Waals surface area contributed by atoms with Crippen LogP contribution in [0.4, 0.5) is 0 Å². The number of nitrogens with two attached hydrogens (primary N) is 1. The summed E-state index contributed by atoms with van der Waals surface area (Å²) in [5.41, 5.74) is 6.96. The van der Waals surface area contributed by atoms with E-state index >= 15 is 0 Å². The standard InChI is InChI=1S/C14H21ClN2/c15-14-6-2-5-13(9-14)11-17(8-7-16)10-12-3-1-4-12/h2,5-6,9,12H,1,3-4,7-8,10-11,16H2. The molecule has 1 aromatic carbocycles. The largest absolute Gasteiger partial charge is 0.329 e. The number of benzene rings is 1. The number of rotatable bonds is 6. The summed E-state index contributed by atoms with van der Waals surface area (Å²) in [4.78, 5) is 2.45. The molecule has 0 bridgehead atoms. The normalized spacial score (nSPS) is 16.2. The fourth-order valence-electron chi connectivity index (χ4n) is 2.35. The molecule has 1 aliphatic rings. The van der Waals surface area contributed by atoms with Crippen molar-refractivity contribution in [3.8, 4) is 0 Å². The molecule has 2 nitrogen and oxygen atoms in total. The lowest BCUT2D eigenvalue weighted by Gasteiger charge is -2.32. The van der Waals surface area contributed by atoms with E-state index in [1.807, 2.05) is 18.2 Å². The average molecular weight is 253 g/mol. The number of hydrogen-bond acceptors (Lipinski definition) is 2. The van der Waals surface area contributed by atoms with Crippen LogP contribution in [0.2, 0.25) is 5.02 Å². The van der Waals surface area contributed by atoms with Gasteiger partial charge >= 0.3 is 0 Å². The Morgan fingerprint density at radius 2 is 2.18 bits per heavy atom. The summed E-state index contributed by atoms with van der Waals surface area (Å²) < 4.78 is 0. The van der Waals surface area contributed by atoms with Crippen LogP contribution in [0.1, 0.15) is 24.8 Å². The van der Waals surface area contributed by atoms with Gasteiger partial charge in [0.05, 0.1) is 0 Å². The maximum atomic E-state index is 6.01. The number of halogens is 1. The molecule has 0 saturated heterocycles. The maximum Gasteiger partial charge on any atom is 0.0409 e. The van der Waals surface area contributed by atoms with Crippen LogP contribution < -0.4 is 5.73 Å². The molecular weight excluding hydrogens is 232 g/mol. The Morgan fingerprint density at radius 1 is 1.35 bits per heavy atom. The van der Waals surface area contributed by atoms with Crippen LogP contribution in [-0.4, -0.2) is 24.5 Å². The summed E-state index contributed by atoms with van der Waals surface area (Å²) in [7, 11) is 0. The molecule has 17 heavy (non-hydrogen) atoms. The lowest BCUT2D eigenvalue weighted by atomic mass is 9.85. The Balaban J connectivity index is 1.91. The van der Waals surface area contributed by atoms with Gasteiger partial charge in [0.2, 0.25) is 0 Å². The van der Waals surface area contributed by atoms with Crippen molar-refractivity contribution in [2.45, 2.75) is 25.8 Å². The van der Waals surface area contributed by atoms with E-state index in [0.717, 1.165) is 30.6 Å². The van der Waals surface area contributed by atoms with Gasteiger partial charge in [-0.05, 0) is 36.5 Å². The van der Waals surface area contributed by atoms with Gasteiger partial charge in [-0.3, -0.25) is 4.90 Å². The van der Waals surface area contributed by atoms with Gasteiger partial charge in [0.1, 0.15) is 0 Å². The minimum Gasteiger partial charge on any atom is -0.329 e. The van der Waals surface area contributed by atoms with E-state index in [1.165, 1.54) is 31.4 Å². The summed E-state index contributed by atoms with van der Waals surface area (Å²) in [6, 6.07) is 8.12. The Bertz CT molecular complexity index is 350. The minimum atomic E-state index is 0.729. The van der Waals surface area contributed by atoms with Crippen molar-refractivity contribution in [1.29, 1.82) is 0 Å². The molecule has 3 heteroatoms. The van der Waals surface area contributed by atoms with Crippen molar-refractivity contribution < 1.29 is 0 Å². The van der Waals surface area contributed by atoms with Gasteiger partial charge in [-0.15, -0.1) is 0 Å². The summed E-state index contributed by atoms with van der Waals surface area (Å²) in [5, 5.41) is 0.818. The van der Waals surface area contributed by atoms with Gasteiger partial charge in [0.25, 0.3) is 0 Å². The van der Waals surface area contributed by atoms with Gasteiger partial charge in [-0.1, -0.05) is 30.2 Å². The number of hydrogen-bond donors (Lipinski definition) is 1. The van der Waals surface area contributed by atoms with E-state index in [1.54, 1.807) is 0 Å². The van der Waals surface area contributed by atoms with Crippen LogP contribution >= 0.6 is 11.6 Å². The van der Waals surface area contributed by atoms with Crippen molar-refractivity contribution in [3.05, 3.63) is 34.9 Å². The lowest BCUT2D eigenvalue weighted by Crippen LogP contribution is -2.35. The smallest absolute Gasteiger partial charge is 0.0409 e. The molecule has 0 atom stereocenters. The number of nitrogens with zero attached hydrogens (tertiary/aromatic N) is 1. The molecule has 1 aliphatic carbocycles. The van der Waals surface area contributed by atoms with Gasteiger partial charge in [0.15, 0.2) is 0 Å². The molecule has 1 aromatic rings. The molecular formula is C14H21ClN2. The summed E-state index contributed by atoms with van der Waals surface area (Å²) in [5.74, 6) is 0.890. The fraction of sp³-hybridized carbons (Fsp3) is 0.571. The molecule has 0 spiro atoms. The second-order valence-electron chi connectivity index (χ2n) is 4.95. The first-order valence-corrected chi connectivity index (χ1v) is 6.82. The Kier molecular flexibility index (Phi) is 4.84. The summed E-state index contributed by atoms with van der Waals surface area (Å²) in [6.07, 6.45) is 4.17. The molecule has 1 saturated carbocycles. The van der Waals surface area contributed by atoms with Crippen LogP contribution in [0, 0.1) is 5.92 Å². The first-order valence-electron chi connectivity index (χ1n) is 6.45. The lowest BCUT2D eigenvalue weighted by molar-refractivity contribution is 0.175. The second-order valence-corrected chi connectivity index (χ2v) is 5.39. The van der Waals surface area contributed by atoms with Crippen molar-refractivity contribution in [2.24, 2.45) is 11.7 Å². The van der Waals surface area contributed by atoms with Crippen LogP contribution in [0.3, 0.4) is 0 Å². The van der Waals surface area contributed by atoms with E-state index in [0.29, 0.717) is 0 Å². The molecule has 0 amide bonds. The third-order valence-corrected chi connectivity index (χ3v) is 3.72. The molecule has 0 heterocycles. The first kappa shape index (κ1) is 12.9. The summed E-state index contributed by atoms with van der Waals surface area (Å²) in [6.45, 7) is 3.86. The van der Waals surface area contributed by atoms with Crippen molar-refractivity contribution in [3.63, 3.8) is 0 Å². The minimum absolute atomic E-state index is 0.729. The van der Waals surface area contributed by atoms with E-state index in [9.17, 15) is 0 Å². The molecule has 0 radical (unpaired) electrons. The topological polar surface area (TPSA) is 29.3 Å². The highest BCUT2D eigenvalue weighted by Crippen LogP contribution is 2.27. The predicted molar refractivity (Wildman–Crippen MR) is 73.1 cm³/mol. The van der Waals surface area contributed by atoms with Crippen LogP contribution in [-0.2, 0) is 6.54 Å². The van der Waals surface area contributed by atoms with E-state index < -0.39 is 0 Å². The molecule has 0 aromatic heterocycles. The van der Waals surface area contributed by atoms with Crippen molar-refractivity contribution in [1.82, 2.24) is 4.90 Å². The van der Waals surface area contributed by atoms with E-state index in [4.69, 9.17) is 17.3 Å². The molecule has 0 unspecified atom stereocenters. The maximum absolute atomic E-state index is 6.01. The van der Waals surface area contributed by atoms with Gasteiger partial charge in [-0.25, -0.2) is 0 Å². The van der Waals surface area contributed by atoms with E-state index in [2.05, 4.69) is 11.0 Å². The SMILES string of the molecule is NCCN(Cc1cccc(Cl)c1)CC1CCC1. The first-order chi connectivity index (χ1) is 8.28. The quantitative estimate of drug-likeness (QED) is 0.844. The van der Waals surface area contributed by atoms with Crippen molar-refractivity contribution in [2.75, 3.05) is 19.6 Å². The Morgan fingerprint density at radius 3 is 2.76 bits per heavy atom.